The number of hydrogen-bond donors (Lipinski definition) is 1. The zero-order valence-electron chi connectivity index (χ0n) is 7.74. The fourth-order valence-electron chi connectivity index (χ4n) is 1.41. The van der Waals surface area contributed by atoms with E-state index in [9.17, 15) is 0 Å². The van der Waals surface area contributed by atoms with Crippen molar-refractivity contribution in [1.29, 1.82) is 0 Å². The minimum atomic E-state index is 0.781. The van der Waals surface area contributed by atoms with Gasteiger partial charge in [-0.15, -0.1) is 0 Å². The fraction of sp³-hybridized carbons (Fsp3) is 0.100. The Bertz CT molecular complexity index is 468. The Morgan fingerprint density at radius 1 is 1.36 bits per heavy atom. The van der Waals surface area contributed by atoms with Gasteiger partial charge in [0.2, 0.25) is 0 Å². The van der Waals surface area contributed by atoms with E-state index in [2.05, 4.69) is 20.9 Å². The van der Waals surface area contributed by atoms with Crippen LogP contribution in [0.5, 0.6) is 0 Å². The maximum Gasteiger partial charge on any atom is 0.150 e. The summed E-state index contributed by atoms with van der Waals surface area (Å²) < 4.78 is 1.03. The number of nitrogens with zero attached hydrogens (tertiary/aromatic N) is 2. The lowest BCUT2D eigenvalue weighted by Gasteiger charge is -2.13. The maximum absolute atomic E-state index is 5.69. The Balaban J connectivity index is 2.77. The van der Waals surface area contributed by atoms with Gasteiger partial charge in [0.15, 0.2) is 0 Å². The van der Waals surface area contributed by atoms with Crippen molar-refractivity contribution in [1.82, 2.24) is 4.98 Å². The highest BCUT2D eigenvalue weighted by molar-refractivity contribution is 9.10. The van der Waals surface area contributed by atoms with Crippen molar-refractivity contribution in [3.05, 3.63) is 34.9 Å². The van der Waals surface area contributed by atoms with Gasteiger partial charge in [0, 0.05) is 23.1 Å². The summed E-state index contributed by atoms with van der Waals surface area (Å²) in [5.74, 6) is 6.47. The van der Waals surface area contributed by atoms with Crippen molar-refractivity contribution in [3.63, 3.8) is 0 Å². The third-order valence-electron chi connectivity index (χ3n) is 2.04. The highest BCUT2D eigenvalue weighted by Gasteiger charge is 2.04. The monoisotopic (exact) mass is 251 g/mol. The van der Waals surface area contributed by atoms with Gasteiger partial charge in [0.05, 0.1) is 0 Å². The molecule has 14 heavy (non-hydrogen) atoms. The molecular weight excluding hydrogens is 242 g/mol. The van der Waals surface area contributed by atoms with Crippen molar-refractivity contribution in [2.75, 3.05) is 12.1 Å². The molecule has 2 rings (SSSR count). The predicted molar refractivity (Wildman–Crippen MR) is 62.0 cm³/mol. The van der Waals surface area contributed by atoms with Gasteiger partial charge in [-0.3, -0.25) is 5.01 Å². The van der Waals surface area contributed by atoms with E-state index in [1.807, 2.05) is 24.3 Å². The first-order valence-corrected chi connectivity index (χ1v) is 5.00. The zero-order valence-corrected chi connectivity index (χ0v) is 9.32. The lowest BCUT2D eigenvalue weighted by Crippen LogP contribution is -2.26. The van der Waals surface area contributed by atoms with Crippen LogP contribution in [0.25, 0.3) is 10.8 Å². The quantitative estimate of drug-likeness (QED) is 0.625. The van der Waals surface area contributed by atoms with E-state index in [0.29, 0.717) is 0 Å². The molecule has 0 atom stereocenters. The molecule has 0 spiro atoms. The molecule has 0 amide bonds. The number of anilines is 1. The average Bonchev–Trinajstić information content (AvgIpc) is 2.16. The van der Waals surface area contributed by atoms with E-state index in [1.54, 1.807) is 13.2 Å². The first-order chi connectivity index (χ1) is 6.68. The summed E-state index contributed by atoms with van der Waals surface area (Å²) in [6, 6.07) is 8.02. The topological polar surface area (TPSA) is 42.1 Å². The fourth-order valence-corrected chi connectivity index (χ4v) is 1.77. The molecule has 2 aromatic rings. The largest absolute Gasteiger partial charge is 0.297 e. The van der Waals surface area contributed by atoms with E-state index in [-0.39, 0.29) is 0 Å². The molecule has 0 aliphatic rings. The van der Waals surface area contributed by atoms with Crippen LogP contribution in [0.3, 0.4) is 0 Å². The summed E-state index contributed by atoms with van der Waals surface area (Å²) in [5, 5.41) is 3.71. The second-order valence-corrected chi connectivity index (χ2v) is 4.03. The highest BCUT2D eigenvalue weighted by Crippen LogP contribution is 2.25. The van der Waals surface area contributed by atoms with E-state index in [1.165, 1.54) is 5.01 Å². The number of nitrogens with two attached hydrogens (primary N) is 1. The second kappa shape index (κ2) is 3.55. The van der Waals surface area contributed by atoms with Crippen molar-refractivity contribution in [2.24, 2.45) is 5.84 Å². The molecule has 0 saturated carbocycles. The van der Waals surface area contributed by atoms with Gasteiger partial charge in [-0.05, 0) is 23.6 Å². The Morgan fingerprint density at radius 2 is 2.14 bits per heavy atom. The summed E-state index contributed by atoms with van der Waals surface area (Å²) in [6.45, 7) is 0. The van der Waals surface area contributed by atoms with Crippen LogP contribution in [-0.2, 0) is 0 Å². The number of pyridine rings is 1. The molecule has 1 aromatic carbocycles. The van der Waals surface area contributed by atoms with Crippen molar-refractivity contribution in [2.45, 2.75) is 0 Å². The molecule has 4 heteroatoms. The number of hydrazine groups is 1. The molecular formula is C10H10BrN3. The van der Waals surface area contributed by atoms with Crippen molar-refractivity contribution in [3.8, 4) is 0 Å². The average molecular weight is 252 g/mol. The highest BCUT2D eigenvalue weighted by atomic mass is 79.9. The summed E-state index contributed by atoms with van der Waals surface area (Å²) in [7, 11) is 1.78. The van der Waals surface area contributed by atoms with Gasteiger partial charge >= 0.3 is 0 Å². The zero-order chi connectivity index (χ0) is 10.1. The molecule has 1 aromatic heterocycles. The van der Waals surface area contributed by atoms with Gasteiger partial charge < -0.3 is 0 Å². The van der Waals surface area contributed by atoms with Gasteiger partial charge in [-0.1, -0.05) is 22.0 Å². The molecule has 72 valence electrons. The SMILES string of the molecule is CN(N)c1nccc2ccc(Br)cc12. The summed E-state index contributed by atoms with van der Waals surface area (Å²) >= 11 is 3.43. The van der Waals surface area contributed by atoms with Crippen LogP contribution >= 0.6 is 15.9 Å². The summed E-state index contributed by atoms with van der Waals surface area (Å²) in [6.07, 6.45) is 1.76. The third-order valence-corrected chi connectivity index (χ3v) is 2.53. The first kappa shape index (κ1) is 9.43. The van der Waals surface area contributed by atoms with Gasteiger partial charge in [0.25, 0.3) is 0 Å². The van der Waals surface area contributed by atoms with Crippen LogP contribution < -0.4 is 10.9 Å². The van der Waals surface area contributed by atoms with Crippen molar-refractivity contribution >= 4 is 32.5 Å². The summed E-state index contributed by atoms with van der Waals surface area (Å²) in [4.78, 5) is 4.23. The number of aromatic nitrogens is 1. The lowest BCUT2D eigenvalue weighted by molar-refractivity contribution is 0.987. The van der Waals surface area contributed by atoms with Gasteiger partial charge in [-0.2, -0.15) is 0 Å². The lowest BCUT2D eigenvalue weighted by atomic mass is 10.1. The molecule has 0 fully saturated rings. The number of fused-ring (bicyclic) bond motifs is 1. The Hall–Kier alpha value is -1.13. The Kier molecular flexibility index (Phi) is 2.39. The smallest absolute Gasteiger partial charge is 0.150 e. The molecule has 0 radical (unpaired) electrons. The van der Waals surface area contributed by atoms with Crippen LogP contribution in [0.4, 0.5) is 5.82 Å². The minimum absolute atomic E-state index is 0.781. The Morgan fingerprint density at radius 3 is 2.86 bits per heavy atom. The van der Waals surface area contributed by atoms with E-state index in [0.717, 1.165) is 21.1 Å². The minimum Gasteiger partial charge on any atom is -0.297 e. The number of benzene rings is 1. The van der Waals surface area contributed by atoms with Crippen LogP contribution in [0.15, 0.2) is 34.9 Å². The molecule has 0 bridgehead atoms. The number of hydrogen-bond acceptors (Lipinski definition) is 3. The standard InChI is InChI=1S/C10H10BrN3/c1-14(12)10-9-6-8(11)3-2-7(9)4-5-13-10/h2-6H,12H2,1H3. The van der Waals surface area contributed by atoms with Crippen LogP contribution in [0.2, 0.25) is 0 Å². The third kappa shape index (κ3) is 1.58. The van der Waals surface area contributed by atoms with E-state index < -0.39 is 0 Å². The van der Waals surface area contributed by atoms with E-state index in [4.69, 9.17) is 5.84 Å². The molecule has 2 N–H and O–H groups in total. The first-order valence-electron chi connectivity index (χ1n) is 4.21. The van der Waals surface area contributed by atoms with Gasteiger partial charge in [-0.25, -0.2) is 10.8 Å². The maximum atomic E-state index is 5.69. The normalized spacial score (nSPS) is 10.5. The molecule has 3 nitrogen and oxygen atoms in total. The number of halogens is 1. The molecule has 0 aliphatic carbocycles. The second-order valence-electron chi connectivity index (χ2n) is 3.11. The van der Waals surface area contributed by atoms with Crippen LogP contribution in [0, 0.1) is 0 Å². The van der Waals surface area contributed by atoms with Crippen LogP contribution in [0.1, 0.15) is 0 Å². The van der Waals surface area contributed by atoms with E-state index >= 15 is 0 Å². The molecule has 0 saturated heterocycles. The van der Waals surface area contributed by atoms with Gasteiger partial charge in [0.1, 0.15) is 5.82 Å². The molecule has 0 aliphatic heterocycles. The summed E-state index contributed by atoms with van der Waals surface area (Å²) in [5.41, 5.74) is 0. The molecule has 1 heterocycles. The predicted octanol–water partition coefficient (Wildman–Crippen LogP) is 2.31. The number of rotatable bonds is 1. The molecule has 0 unspecified atom stereocenters. The van der Waals surface area contributed by atoms with Crippen molar-refractivity contribution < 1.29 is 0 Å². The Labute approximate surface area is 90.6 Å². The van der Waals surface area contributed by atoms with Crippen LogP contribution in [-0.4, -0.2) is 12.0 Å².